The summed E-state index contributed by atoms with van der Waals surface area (Å²) in [5.41, 5.74) is 13.4. The van der Waals surface area contributed by atoms with Crippen molar-refractivity contribution in [2.45, 2.75) is 0 Å². The van der Waals surface area contributed by atoms with Crippen molar-refractivity contribution in [1.82, 2.24) is 4.57 Å². The van der Waals surface area contributed by atoms with Gasteiger partial charge in [-0.2, -0.15) is 0 Å². The van der Waals surface area contributed by atoms with E-state index in [1.807, 2.05) is 23.5 Å². The lowest BCUT2D eigenvalue weighted by Gasteiger charge is -2.26. The topological polar surface area (TPSA) is 21.3 Å². The fraction of sp³-hybridized carbons (Fsp3) is 0. The van der Waals surface area contributed by atoms with Crippen LogP contribution < -0.4 is 4.90 Å². The number of anilines is 3. The van der Waals surface area contributed by atoms with Crippen molar-refractivity contribution in [2.24, 2.45) is 0 Å². The Bertz CT molecular complexity index is 3510. The summed E-state index contributed by atoms with van der Waals surface area (Å²) in [5, 5.41) is 7.27. The molecule has 0 amide bonds. The molecule has 0 aliphatic heterocycles. The molecule has 0 unspecified atom stereocenters. The molecule has 0 N–H and O–H groups in total. The van der Waals surface area contributed by atoms with Gasteiger partial charge in [-0.3, -0.25) is 0 Å². The zero-order valence-electron chi connectivity index (χ0n) is 31.3. The standard InChI is InChI=1S/C54H34N2OS/c1-2-16-38(17-3-1)56-49-25-8-6-21-47(49)54-52(56)48-24-12-23-44(53(48)58-54)37-15-10-18-40(33-37)55(41-31-32-46-45-20-7-9-26-50(45)57-51(46)34-41)39-29-27-36(28-30-39)43-22-11-14-35-13-4-5-19-42(35)43/h1-34H. The van der Waals surface area contributed by atoms with E-state index in [-0.39, 0.29) is 0 Å². The van der Waals surface area contributed by atoms with Gasteiger partial charge >= 0.3 is 0 Å². The number of benzene rings is 9. The largest absolute Gasteiger partial charge is 0.456 e. The Kier molecular flexibility index (Phi) is 7.40. The molecule has 0 aliphatic carbocycles. The van der Waals surface area contributed by atoms with Gasteiger partial charge in [0.2, 0.25) is 0 Å². The van der Waals surface area contributed by atoms with E-state index in [0.29, 0.717) is 0 Å². The molecule has 3 aromatic heterocycles. The van der Waals surface area contributed by atoms with Crippen LogP contribution in [0.5, 0.6) is 0 Å². The monoisotopic (exact) mass is 758 g/mol. The Morgan fingerprint density at radius 1 is 0.397 bits per heavy atom. The fourth-order valence-electron chi connectivity index (χ4n) is 8.94. The van der Waals surface area contributed by atoms with Crippen LogP contribution in [0.2, 0.25) is 0 Å². The van der Waals surface area contributed by atoms with Gasteiger partial charge in [-0.15, -0.1) is 11.3 Å². The number of fused-ring (bicyclic) bond motifs is 9. The van der Waals surface area contributed by atoms with Crippen LogP contribution >= 0.6 is 11.3 Å². The summed E-state index contributed by atoms with van der Waals surface area (Å²) >= 11 is 1.89. The number of nitrogens with zero attached hydrogens (tertiary/aromatic N) is 2. The first kappa shape index (κ1) is 32.8. The van der Waals surface area contributed by atoms with Crippen molar-refractivity contribution in [3.05, 3.63) is 206 Å². The average Bonchev–Trinajstić information content (AvgIpc) is 3.96. The van der Waals surface area contributed by atoms with Gasteiger partial charge in [-0.1, -0.05) is 140 Å². The van der Waals surface area contributed by atoms with Gasteiger partial charge in [0, 0.05) is 55.1 Å². The second-order valence-corrected chi connectivity index (χ2v) is 15.9. The Balaban J connectivity index is 1.03. The van der Waals surface area contributed by atoms with Crippen LogP contribution in [-0.4, -0.2) is 4.57 Å². The Morgan fingerprint density at radius 2 is 1.05 bits per heavy atom. The molecule has 12 aromatic rings. The first-order valence-electron chi connectivity index (χ1n) is 19.7. The third-order valence-electron chi connectivity index (χ3n) is 11.6. The molecule has 0 saturated carbocycles. The van der Waals surface area contributed by atoms with Gasteiger partial charge in [0.1, 0.15) is 11.2 Å². The second kappa shape index (κ2) is 13.1. The van der Waals surface area contributed by atoms with Crippen LogP contribution in [0.4, 0.5) is 17.1 Å². The van der Waals surface area contributed by atoms with Crippen molar-refractivity contribution >= 4 is 92.3 Å². The molecular weight excluding hydrogens is 725 g/mol. The van der Waals surface area contributed by atoms with Crippen LogP contribution in [0.25, 0.3) is 91.9 Å². The molecule has 0 bridgehead atoms. The number of para-hydroxylation sites is 3. The quantitative estimate of drug-likeness (QED) is 0.168. The van der Waals surface area contributed by atoms with E-state index in [2.05, 4.69) is 204 Å². The molecule has 272 valence electrons. The van der Waals surface area contributed by atoms with E-state index >= 15 is 0 Å². The minimum absolute atomic E-state index is 0.869. The molecule has 0 fully saturated rings. The molecular formula is C54H34N2OS. The van der Waals surface area contributed by atoms with Gasteiger partial charge in [-0.25, -0.2) is 0 Å². The lowest BCUT2D eigenvalue weighted by Crippen LogP contribution is -2.10. The van der Waals surface area contributed by atoms with E-state index in [1.54, 1.807) is 0 Å². The number of hydrogen-bond acceptors (Lipinski definition) is 3. The van der Waals surface area contributed by atoms with Crippen LogP contribution in [0.1, 0.15) is 0 Å². The van der Waals surface area contributed by atoms with E-state index in [0.717, 1.165) is 39.0 Å². The summed E-state index contributed by atoms with van der Waals surface area (Å²) in [6.07, 6.45) is 0. The predicted molar refractivity (Wildman–Crippen MR) is 247 cm³/mol. The summed E-state index contributed by atoms with van der Waals surface area (Å²) in [6.45, 7) is 0. The normalized spacial score (nSPS) is 11.8. The lowest BCUT2D eigenvalue weighted by molar-refractivity contribution is 0.669. The average molecular weight is 759 g/mol. The van der Waals surface area contributed by atoms with Crippen molar-refractivity contribution in [3.8, 4) is 27.9 Å². The Morgan fingerprint density at radius 3 is 1.95 bits per heavy atom. The maximum absolute atomic E-state index is 6.44. The molecule has 9 aromatic carbocycles. The highest BCUT2D eigenvalue weighted by Gasteiger charge is 2.21. The molecule has 58 heavy (non-hydrogen) atoms. The van der Waals surface area contributed by atoms with Gasteiger partial charge < -0.3 is 13.9 Å². The van der Waals surface area contributed by atoms with Crippen molar-refractivity contribution in [2.75, 3.05) is 4.90 Å². The first-order chi connectivity index (χ1) is 28.8. The van der Waals surface area contributed by atoms with Crippen LogP contribution in [0.3, 0.4) is 0 Å². The van der Waals surface area contributed by atoms with E-state index < -0.39 is 0 Å². The molecule has 3 heterocycles. The number of hydrogen-bond donors (Lipinski definition) is 0. The SMILES string of the molecule is c1ccc(-n2c3ccccc3c3sc4c(-c5cccc(N(c6ccc(-c7cccc8ccccc78)cc6)c6ccc7c(c6)oc6ccccc67)c5)cccc4c32)cc1. The highest BCUT2D eigenvalue weighted by molar-refractivity contribution is 7.27. The second-order valence-electron chi connectivity index (χ2n) is 14.9. The molecule has 0 aliphatic rings. The smallest absolute Gasteiger partial charge is 0.137 e. The number of aromatic nitrogens is 1. The minimum Gasteiger partial charge on any atom is -0.456 e. The third-order valence-corrected chi connectivity index (χ3v) is 12.8. The van der Waals surface area contributed by atoms with Gasteiger partial charge in [0.15, 0.2) is 0 Å². The van der Waals surface area contributed by atoms with Crippen LogP contribution in [0, 0.1) is 0 Å². The van der Waals surface area contributed by atoms with Crippen molar-refractivity contribution < 1.29 is 4.42 Å². The summed E-state index contributed by atoms with van der Waals surface area (Å²) in [4.78, 5) is 2.35. The molecule has 0 saturated heterocycles. The lowest BCUT2D eigenvalue weighted by atomic mass is 9.98. The van der Waals surface area contributed by atoms with Gasteiger partial charge in [-0.05, 0) is 93.7 Å². The third kappa shape index (κ3) is 5.12. The highest BCUT2D eigenvalue weighted by atomic mass is 32.1. The van der Waals surface area contributed by atoms with Gasteiger partial charge in [0.25, 0.3) is 0 Å². The van der Waals surface area contributed by atoms with Crippen molar-refractivity contribution in [1.29, 1.82) is 0 Å². The summed E-state index contributed by atoms with van der Waals surface area (Å²) < 4.78 is 11.5. The number of rotatable bonds is 6. The molecule has 0 spiro atoms. The predicted octanol–water partition coefficient (Wildman–Crippen LogP) is 15.9. The number of thiophene rings is 1. The maximum atomic E-state index is 6.44. The first-order valence-corrected chi connectivity index (χ1v) is 20.5. The van der Waals surface area contributed by atoms with E-state index in [1.165, 1.54) is 69.9 Å². The molecule has 3 nitrogen and oxygen atoms in total. The summed E-state index contributed by atoms with van der Waals surface area (Å²) in [6, 6.07) is 74.3. The maximum Gasteiger partial charge on any atom is 0.137 e. The molecule has 0 radical (unpaired) electrons. The van der Waals surface area contributed by atoms with Crippen LogP contribution in [-0.2, 0) is 0 Å². The Labute approximate surface area is 338 Å². The molecule has 4 heteroatoms. The van der Waals surface area contributed by atoms with Gasteiger partial charge in [0.05, 0.1) is 15.7 Å². The zero-order chi connectivity index (χ0) is 38.2. The summed E-state index contributed by atoms with van der Waals surface area (Å²) in [7, 11) is 0. The van der Waals surface area contributed by atoms with E-state index in [9.17, 15) is 0 Å². The minimum atomic E-state index is 0.869. The Hall–Kier alpha value is -7.40. The summed E-state index contributed by atoms with van der Waals surface area (Å²) in [5.74, 6) is 0. The number of furan rings is 1. The molecule has 0 atom stereocenters. The van der Waals surface area contributed by atoms with Crippen LogP contribution in [0.15, 0.2) is 211 Å². The van der Waals surface area contributed by atoms with E-state index in [4.69, 9.17) is 4.42 Å². The fourth-order valence-corrected chi connectivity index (χ4v) is 10.3. The molecule has 12 rings (SSSR count). The highest BCUT2D eigenvalue weighted by Crippen LogP contribution is 2.47. The van der Waals surface area contributed by atoms with Crippen molar-refractivity contribution in [3.63, 3.8) is 0 Å². The zero-order valence-corrected chi connectivity index (χ0v) is 32.2.